The van der Waals surface area contributed by atoms with Crippen LogP contribution in [-0.4, -0.2) is 21.9 Å². The van der Waals surface area contributed by atoms with Gasteiger partial charge in [-0.15, -0.1) is 0 Å². The van der Waals surface area contributed by atoms with Crippen molar-refractivity contribution in [3.63, 3.8) is 0 Å². The molecule has 1 aromatic carbocycles. The third kappa shape index (κ3) is 3.23. The molecule has 22 heavy (non-hydrogen) atoms. The zero-order valence-corrected chi connectivity index (χ0v) is 12.8. The van der Waals surface area contributed by atoms with E-state index in [-0.39, 0.29) is 6.04 Å². The first-order valence-corrected chi connectivity index (χ1v) is 7.34. The van der Waals surface area contributed by atoms with Crippen molar-refractivity contribution in [1.29, 1.82) is 0 Å². The molecule has 0 aliphatic rings. The maximum atomic E-state index is 5.59. The van der Waals surface area contributed by atoms with E-state index in [1.165, 1.54) is 5.56 Å². The fourth-order valence-corrected chi connectivity index (χ4v) is 2.36. The Morgan fingerprint density at radius 2 is 1.95 bits per heavy atom. The summed E-state index contributed by atoms with van der Waals surface area (Å²) in [7, 11) is 2.08. The van der Waals surface area contributed by atoms with Gasteiger partial charge in [0.2, 0.25) is 5.89 Å². The number of nitrogens with zero attached hydrogens (tertiary/aromatic N) is 3. The molecular weight excluding hydrogens is 274 g/mol. The van der Waals surface area contributed by atoms with Crippen molar-refractivity contribution in [2.45, 2.75) is 19.5 Å². The fourth-order valence-electron chi connectivity index (χ4n) is 2.36. The summed E-state index contributed by atoms with van der Waals surface area (Å²) in [6.45, 7) is 2.89. The minimum Gasteiger partial charge on any atom is -0.444 e. The molecule has 0 saturated heterocycles. The normalized spacial score (nSPS) is 12.5. The van der Waals surface area contributed by atoms with Crippen LogP contribution in [0.4, 0.5) is 0 Å². The van der Waals surface area contributed by atoms with Gasteiger partial charge in [-0.1, -0.05) is 24.3 Å². The highest BCUT2D eigenvalue weighted by Crippen LogP contribution is 2.22. The Hall–Kier alpha value is -2.46. The van der Waals surface area contributed by atoms with E-state index in [1.54, 1.807) is 12.5 Å². The molecule has 3 aromatic rings. The molecule has 0 radical (unpaired) electrons. The first kappa shape index (κ1) is 14.5. The molecule has 3 rings (SSSR count). The summed E-state index contributed by atoms with van der Waals surface area (Å²) in [6, 6.07) is 14.3. The smallest absolute Gasteiger partial charge is 0.226 e. The summed E-state index contributed by atoms with van der Waals surface area (Å²) < 4.78 is 5.59. The van der Waals surface area contributed by atoms with Gasteiger partial charge in [-0.3, -0.25) is 9.88 Å². The van der Waals surface area contributed by atoms with Gasteiger partial charge in [-0.2, -0.15) is 0 Å². The largest absolute Gasteiger partial charge is 0.444 e. The van der Waals surface area contributed by atoms with E-state index in [9.17, 15) is 0 Å². The highest BCUT2D eigenvalue weighted by atomic mass is 16.3. The molecule has 1 unspecified atom stereocenters. The first-order chi connectivity index (χ1) is 10.7. The van der Waals surface area contributed by atoms with Gasteiger partial charge in [-0.25, -0.2) is 4.98 Å². The molecule has 112 valence electrons. The van der Waals surface area contributed by atoms with E-state index in [4.69, 9.17) is 4.42 Å². The molecule has 0 bridgehead atoms. The van der Waals surface area contributed by atoms with E-state index in [1.807, 2.05) is 42.6 Å². The molecule has 0 saturated carbocycles. The minimum atomic E-state index is 0.269. The van der Waals surface area contributed by atoms with Crippen molar-refractivity contribution in [3.8, 4) is 11.5 Å². The molecule has 2 aromatic heterocycles. The SMILES string of the molecule is CC(c1cccnc1)N(C)Cc1coc(-c2ccccc2)n1. The van der Waals surface area contributed by atoms with E-state index in [0.717, 1.165) is 17.8 Å². The molecule has 0 aliphatic carbocycles. The highest BCUT2D eigenvalue weighted by molar-refractivity contribution is 5.52. The Bertz CT molecular complexity index is 709. The lowest BCUT2D eigenvalue weighted by Gasteiger charge is -2.23. The van der Waals surface area contributed by atoms with Crippen molar-refractivity contribution < 1.29 is 4.42 Å². The molecule has 4 heteroatoms. The number of rotatable bonds is 5. The average molecular weight is 293 g/mol. The summed E-state index contributed by atoms with van der Waals surface area (Å²) in [6.07, 6.45) is 5.42. The van der Waals surface area contributed by atoms with Gasteiger partial charge in [0.15, 0.2) is 0 Å². The molecular formula is C18H19N3O. The number of oxazole rings is 1. The van der Waals surface area contributed by atoms with E-state index in [0.29, 0.717) is 5.89 Å². The van der Waals surface area contributed by atoms with E-state index in [2.05, 4.69) is 34.9 Å². The van der Waals surface area contributed by atoms with Gasteiger partial charge in [0.05, 0.1) is 5.69 Å². The van der Waals surface area contributed by atoms with E-state index >= 15 is 0 Å². The predicted molar refractivity (Wildman–Crippen MR) is 86.1 cm³/mol. The molecule has 4 nitrogen and oxygen atoms in total. The van der Waals surface area contributed by atoms with Crippen molar-refractivity contribution >= 4 is 0 Å². The Morgan fingerprint density at radius 1 is 1.14 bits per heavy atom. The lowest BCUT2D eigenvalue weighted by atomic mass is 10.1. The summed E-state index contributed by atoms with van der Waals surface area (Å²) in [5, 5.41) is 0. The van der Waals surface area contributed by atoms with Crippen LogP contribution in [0.15, 0.2) is 65.5 Å². The van der Waals surface area contributed by atoms with Gasteiger partial charge in [0, 0.05) is 30.5 Å². The van der Waals surface area contributed by atoms with Crippen molar-refractivity contribution in [2.24, 2.45) is 0 Å². The lowest BCUT2D eigenvalue weighted by molar-refractivity contribution is 0.249. The third-order valence-electron chi connectivity index (χ3n) is 3.81. The zero-order valence-electron chi connectivity index (χ0n) is 12.8. The predicted octanol–water partition coefficient (Wildman–Crippen LogP) is 3.93. The van der Waals surface area contributed by atoms with Crippen LogP contribution in [0.3, 0.4) is 0 Å². The van der Waals surface area contributed by atoms with Gasteiger partial charge < -0.3 is 4.42 Å². The number of hydrogen-bond acceptors (Lipinski definition) is 4. The van der Waals surface area contributed by atoms with Crippen LogP contribution in [0.25, 0.3) is 11.5 Å². The maximum Gasteiger partial charge on any atom is 0.226 e. The maximum absolute atomic E-state index is 5.59. The quantitative estimate of drug-likeness (QED) is 0.715. The van der Waals surface area contributed by atoms with E-state index < -0.39 is 0 Å². The summed E-state index contributed by atoms with van der Waals surface area (Å²) in [5.74, 6) is 0.665. The molecule has 0 amide bonds. The third-order valence-corrected chi connectivity index (χ3v) is 3.81. The van der Waals surface area contributed by atoms with Crippen molar-refractivity contribution in [3.05, 3.63) is 72.4 Å². The first-order valence-electron chi connectivity index (χ1n) is 7.34. The van der Waals surface area contributed by atoms with Gasteiger partial charge in [0.25, 0.3) is 0 Å². The zero-order chi connectivity index (χ0) is 15.4. The van der Waals surface area contributed by atoms with Crippen LogP contribution < -0.4 is 0 Å². The van der Waals surface area contributed by atoms with Crippen LogP contribution in [0.1, 0.15) is 24.2 Å². The monoisotopic (exact) mass is 293 g/mol. The Balaban J connectivity index is 1.70. The molecule has 2 heterocycles. The second-order valence-corrected chi connectivity index (χ2v) is 5.39. The number of aromatic nitrogens is 2. The molecule has 0 aliphatic heterocycles. The van der Waals surface area contributed by atoms with Crippen molar-refractivity contribution in [2.75, 3.05) is 7.05 Å². The topological polar surface area (TPSA) is 42.2 Å². The molecule has 1 atom stereocenters. The lowest BCUT2D eigenvalue weighted by Crippen LogP contribution is -2.22. The van der Waals surface area contributed by atoms with Crippen LogP contribution in [0.5, 0.6) is 0 Å². The average Bonchev–Trinajstić information content (AvgIpc) is 3.04. The molecule has 0 fully saturated rings. The fraction of sp³-hybridized carbons (Fsp3) is 0.222. The summed E-state index contributed by atoms with van der Waals surface area (Å²) >= 11 is 0. The summed E-state index contributed by atoms with van der Waals surface area (Å²) in [4.78, 5) is 11.0. The summed E-state index contributed by atoms with van der Waals surface area (Å²) in [5.41, 5.74) is 3.12. The Morgan fingerprint density at radius 3 is 2.68 bits per heavy atom. The minimum absolute atomic E-state index is 0.269. The second kappa shape index (κ2) is 6.54. The van der Waals surface area contributed by atoms with Crippen LogP contribution in [0.2, 0.25) is 0 Å². The Kier molecular flexibility index (Phi) is 4.30. The standard InChI is InChI=1S/C18H19N3O/c1-14(16-9-6-10-19-11-16)21(2)12-17-13-22-18(20-17)15-7-4-3-5-8-15/h3-11,13-14H,12H2,1-2H3. The van der Waals surface area contributed by atoms with Gasteiger partial charge in [-0.05, 0) is 37.7 Å². The van der Waals surface area contributed by atoms with Gasteiger partial charge >= 0.3 is 0 Å². The van der Waals surface area contributed by atoms with Crippen LogP contribution >= 0.6 is 0 Å². The van der Waals surface area contributed by atoms with Crippen LogP contribution in [0, 0.1) is 0 Å². The number of benzene rings is 1. The number of hydrogen-bond donors (Lipinski definition) is 0. The molecule has 0 spiro atoms. The van der Waals surface area contributed by atoms with Crippen LogP contribution in [-0.2, 0) is 6.54 Å². The van der Waals surface area contributed by atoms with Crippen molar-refractivity contribution in [1.82, 2.24) is 14.9 Å². The molecule has 0 N–H and O–H groups in total. The highest BCUT2D eigenvalue weighted by Gasteiger charge is 2.14. The number of pyridine rings is 1. The Labute approximate surface area is 130 Å². The second-order valence-electron chi connectivity index (χ2n) is 5.39. The van der Waals surface area contributed by atoms with Gasteiger partial charge in [0.1, 0.15) is 6.26 Å².